The van der Waals surface area contributed by atoms with Gasteiger partial charge in [-0.25, -0.2) is 0 Å². The number of hydrogen-bond acceptors (Lipinski definition) is 1. The molecule has 19 heavy (non-hydrogen) atoms. The van der Waals surface area contributed by atoms with Gasteiger partial charge in [0.1, 0.15) is 0 Å². The van der Waals surface area contributed by atoms with E-state index in [4.69, 9.17) is 0 Å². The fourth-order valence-corrected chi connectivity index (χ4v) is 4.67. The minimum atomic E-state index is -0.0395. The Labute approximate surface area is 126 Å². The molecule has 1 N–H and O–H groups in total. The number of carbonyl (C=O) groups is 1. The van der Waals surface area contributed by atoms with Crippen molar-refractivity contribution in [1.82, 2.24) is 5.32 Å². The first-order valence-corrected chi connectivity index (χ1v) is 9.13. The van der Waals surface area contributed by atoms with Crippen molar-refractivity contribution in [1.29, 1.82) is 0 Å². The molecule has 0 radical (unpaired) electrons. The number of alkyl halides is 1. The lowest BCUT2D eigenvalue weighted by Gasteiger charge is -2.37. The van der Waals surface area contributed by atoms with Gasteiger partial charge in [0.2, 0.25) is 5.91 Å². The predicted molar refractivity (Wildman–Crippen MR) is 83.5 cm³/mol. The Kier molecular flexibility index (Phi) is 5.33. The molecule has 3 heteroatoms. The van der Waals surface area contributed by atoms with Crippen LogP contribution in [-0.2, 0) is 4.79 Å². The summed E-state index contributed by atoms with van der Waals surface area (Å²) >= 11 is 3.68. The molecule has 2 aliphatic carbocycles. The van der Waals surface area contributed by atoms with Gasteiger partial charge in [-0.15, -0.1) is 0 Å². The molecular weight excluding hydrogens is 302 g/mol. The van der Waals surface area contributed by atoms with Crippen molar-refractivity contribution in [3.05, 3.63) is 0 Å². The second-order valence-electron chi connectivity index (χ2n) is 6.72. The van der Waals surface area contributed by atoms with E-state index in [-0.39, 0.29) is 5.41 Å². The highest BCUT2D eigenvalue weighted by atomic mass is 79.9. The monoisotopic (exact) mass is 329 g/mol. The average Bonchev–Trinajstić information content (AvgIpc) is 2.96. The lowest BCUT2D eigenvalue weighted by Crippen LogP contribution is -2.45. The van der Waals surface area contributed by atoms with Crippen LogP contribution in [0.4, 0.5) is 0 Å². The quantitative estimate of drug-likeness (QED) is 0.743. The Balaban J connectivity index is 1.91. The zero-order valence-electron chi connectivity index (χ0n) is 12.3. The molecule has 2 rings (SSSR count). The van der Waals surface area contributed by atoms with Gasteiger partial charge < -0.3 is 5.32 Å². The molecule has 2 saturated carbocycles. The summed E-state index contributed by atoms with van der Waals surface area (Å²) in [6, 6.07) is 0. The van der Waals surface area contributed by atoms with Crippen molar-refractivity contribution >= 4 is 21.8 Å². The molecule has 0 aromatic carbocycles. The zero-order chi connectivity index (χ0) is 13.8. The van der Waals surface area contributed by atoms with Crippen molar-refractivity contribution in [2.75, 3.05) is 11.9 Å². The van der Waals surface area contributed by atoms with Gasteiger partial charge in [0.15, 0.2) is 0 Å². The van der Waals surface area contributed by atoms with Crippen molar-refractivity contribution in [3.63, 3.8) is 0 Å². The Morgan fingerprint density at radius 2 is 1.63 bits per heavy atom. The zero-order valence-corrected chi connectivity index (χ0v) is 13.9. The van der Waals surface area contributed by atoms with Gasteiger partial charge in [-0.05, 0) is 37.5 Å². The molecule has 1 amide bonds. The maximum absolute atomic E-state index is 12.6. The van der Waals surface area contributed by atoms with E-state index in [1.54, 1.807) is 0 Å². The molecular formula is C16H28BrNO. The third kappa shape index (κ3) is 3.34. The van der Waals surface area contributed by atoms with E-state index in [1.165, 1.54) is 44.9 Å². The van der Waals surface area contributed by atoms with Gasteiger partial charge in [0, 0.05) is 17.3 Å². The topological polar surface area (TPSA) is 29.1 Å². The highest BCUT2D eigenvalue weighted by Crippen LogP contribution is 2.42. The standard InChI is InChI=1S/C16H28BrNO/c1-2-16(10-6-7-11-16)14(19)18-13-15(12-17)8-4-3-5-9-15/h2-13H2,1H3,(H,18,19). The third-order valence-corrected chi connectivity index (χ3v) is 6.73. The molecule has 2 nitrogen and oxygen atoms in total. The second kappa shape index (κ2) is 6.60. The van der Waals surface area contributed by atoms with E-state index in [9.17, 15) is 4.79 Å². The first-order valence-electron chi connectivity index (χ1n) is 8.01. The van der Waals surface area contributed by atoms with Gasteiger partial charge in [0.25, 0.3) is 0 Å². The van der Waals surface area contributed by atoms with E-state index in [1.807, 2.05) is 0 Å². The van der Waals surface area contributed by atoms with Gasteiger partial charge >= 0.3 is 0 Å². The molecule has 0 aromatic rings. The smallest absolute Gasteiger partial charge is 0.226 e. The Morgan fingerprint density at radius 1 is 1.05 bits per heavy atom. The van der Waals surface area contributed by atoms with E-state index >= 15 is 0 Å². The number of hydrogen-bond donors (Lipinski definition) is 1. The lowest BCUT2D eigenvalue weighted by molar-refractivity contribution is -0.131. The highest BCUT2D eigenvalue weighted by Gasteiger charge is 2.40. The largest absolute Gasteiger partial charge is 0.355 e. The minimum absolute atomic E-state index is 0.0395. The molecule has 0 unspecified atom stereocenters. The first-order chi connectivity index (χ1) is 9.16. The summed E-state index contributed by atoms with van der Waals surface area (Å²) in [7, 11) is 0. The molecule has 0 spiro atoms. The van der Waals surface area contributed by atoms with Crippen LogP contribution in [0.3, 0.4) is 0 Å². The summed E-state index contributed by atoms with van der Waals surface area (Å²) in [6.07, 6.45) is 12.2. The molecule has 0 aromatic heterocycles. The van der Waals surface area contributed by atoms with Crippen molar-refractivity contribution in [2.24, 2.45) is 10.8 Å². The van der Waals surface area contributed by atoms with Gasteiger partial charge in [-0.1, -0.05) is 55.0 Å². The van der Waals surface area contributed by atoms with E-state index < -0.39 is 0 Å². The van der Waals surface area contributed by atoms with E-state index in [2.05, 4.69) is 28.2 Å². The molecule has 0 bridgehead atoms. The molecule has 2 aliphatic rings. The lowest BCUT2D eigenvalue weighted by atomic mass is 9.75. The second-order valence-corrected chi connectivity index (χ2v) is 7.28. The molecule has 2 fully saturated rings. The predicted octanol–water partition coefficient (Wildman–Crippen LogP) is 4.42. The van der Waals surface area contributed by atoms with Gasteiger partial charge in [0.05, 0.1) is 0 Å². The maximum atomic E-state index is 12.6. The van der Waals surface area contributed by atoms with Crippen LogP contribution >= 0.6 is 15.9 Å². The van der Waals surface area contributed by atoms with E-state index in [0.29, 0.717) is 11.3 Å². The van der Waals surface area contributed by atoms with Crippen LogP contribution in [-0.4, -0.2) is 17.8 Å². The average molecular weight is 330 g/mol. The number of halogens is 1. The van der Waals surface area contributed by atoms with Crippen LogP contribution in [0, 0.1) is 10.8 Å². The van der Waals surface area contributed by atoms with Crippen molar-refractivity contribution < 1.29 is 4.79 Å². The molecule has 0 aliphatic heterocycles. The number of rotatable bonds is 5. The molecule has 0 atom stereocenters. The fraction of sp³-hybridized carbons (Fsp3) is 0.938. The minimum Gasteiger partial charge on any atom is -0.355 e. The summed E-state index contributed by atoms with van der Waals surface area (Å²) in [4.78, 5) is 12.6. The van der Waals surface area contributed by atoms with Crippen LogP contribution in [0.1, 0.15) is 71.1 Å². The maximum Gasteiger partial charge on any atom is 0.226 e. The number of carbonyl (C=O) groups excluding carboxylic acids is 1. The molecule has 0 heterocycles. The van der Waals surface area contributed by atoms with Crippen LogP contribution in [0.5, 0.6) is 0 Å². The first kappa shape index (κ1) is 15.3. The Hall–Kier alpha value is -0.0500. The summed E-state index contributed by atoms with van der Waals surface area (Å²) in [5, 5.41) is 4.34. The van der Waals surface area contributed by atoms with Crippen molar-refractivity contribution in [2.45, 2.75) is 71.1 Å². The molecule has 110 valence electrons. The fourth-order valence-electron chi connectivity index (χ4n) is 3.91. The number of nitrogens with one attached hydrogen (secondary N) is 1. The third-order valence-electron chi connectivity index (χ3n) is 5.54. The van der Waals surface area contributed by atoms with Crippen LogP contribution in [0.2, 0.25) is 0 Å². The summed E-state index contributed by atoms with van der Waals surface area (Å²) in [5.41, 5.74) is 0.281. The summed E-state index contributed by atoms with van der Waals surface area (Å²) in [6.45, 7) is 3.05. The number of amides is 1. The van der Waals surface area contributed by atoms with E-state index in [0.717, 1.165) is 31.1 Å². The van der Waals surface area contributed by atoms with Crippen LogP contribution in [0.15, 0.2) is 0 Å². The summed E-state index contributed by atoms with van der Waals surface area (Å²) < 4.78 is 0. The van der Waals surface area contributed by atoms with Gasteiger partial charge in [-0.2, -0.15) is 0 Å². The van der Waals surface area contributed by atoms with Crippen LogP contribution in [0.25, 0.3) is 0 Å². The summed E-state index contributed by atoms with van der Waals surface area (Å²) in [5.74, 6) is 0.332. The van der Waals surface area contributed by atoms with Crippen molar-refractivity contribution in [3.8, 4) is 0 Å². The SMILES string of the molecule is CCC1(C(=O)NCC2(CBr)CCCCC2)CCCC1. The van der Waals surface area contributed by atoms with Gasteiger partial charge in [-0.3, -0.25) is 4.79 Å². The van der Waals surface area contributed by atoms with Crippen LogP contribution < -0.4 is 5.32 Å². The Bertz CT molecular complexity index is 304. The highest BCUT2D eigenvalue weighted by molar-refractivity contribution is 9.09. The Morgan fingerprint density at radius 3 is 2.16 bits per heavy atom. The molecule has 0 saturated heterocycles. The normalized spacial score (nSPS) is 25.2.